The van der Waals surface area contributed by atoms with E-state index in [0.29, 0.717) is 16.7 Å². The number of carboxylic acids is 1. The second kappa shape index (κ2) is 16.4. The largest absolute Gasteiger partial charge is 0.478 e. The van der Waals surface area contributed by atoms with Crippen LogP contribution in [0.5, 0.6) is 0 Å². The number of esters is 2. The Balaban J connectivity index is 0.000000231. The minimum absolute atomic E-state index is 0. The molecule has 0 spiro atoms. The molecule has 0 fully saturated rings. The van der Waals surface area contributed by atoms with Crippen LogP contribution in [-0.4, -0.2) is 69.2 Å². The van der Waals surface area contributed by atoms with Crippen molar-refractivity contribution >= 4 is 63.1 Å². The van der Waals surface area contributed by atoms with Crippen LogP contribution in [0.25, 0.3) is 21.7 Å². The number of fused-ring (bicyclic) bond motifs is 1. The number of methoxy groups -OCH3 is 2. The lowest BCUT2D eigenvalue weighted by molar-refractivity contribution is 0.0556. The predicted molar refractivity (Wildman–Crippen MR) is 169 cm³/mol. The number of nitrogens with two attached hydrogens (primary N) is 3. The van der Waals surface area contributed by atoms with E-state index >= 15 is 0 Å². The van der Waals surface area contributed by atoms with Crippen molar-refractivity contribution in [3.63, 3.8) is 0 Å². The summed E-state index contributed by atoms with van der Waals surface area (Å²) >= 11 is 0. The molecule has 18 heteroatoms. The maximum absolute atomic E-state index is 11.4. The molecule has 0 unspecified atom stereocenters. The van der Waals surface area contributed by atoms with E-state index < -0.39 is 23.5 Å². The number of carboxylic acid groups (broad SMARTS) is 1. The number of rotatable bonds is 3. The van der Waals surface area contributed by atoms with Gasteiger partial charge in [0.2, 0.25) is 0 Å². The average molecular weight is 636 g/mol. The molecule has 0 atom stereocenters. The zero-order valence-electron chi connectivity index (χ0n) is 24.2. The quantitative estimate of drug-likeness (QED) is 0.0613. The number of hydrazine groups is 1. The van der Waals surface area contributed by atoms with E-state index in [9.17, 15) is 24.0 Å². The highest BCUT2D eigenvalue weighted by atomic mass is 16.5. The van der Waals surface area contributed by atoms with Gasteiger partial charge in [0, 0.05) is 5.69 Å². The maximum Gasteiger partial charge on any atom is 0.340 e. The third-order valence-corrected chi connectivity index (χ3v) is 5.99. The molecule has 1 aliphatic rings. The van der Waals surface area contributed by atoms with Crippen LogP contribution in [0, 0.1) is 0 Å². The predicted octanol–water partition coefficient (Wildman–Crippen LogP) is 0.466. The van der Waals surface area contributed by atoms with Gasteiger partial charge >= 0.3 is 17.9 Å². The number of nitrogens with zero attached hydrogens (tertiary/aromatic N) is 3. The Labute approximate surface area is 258 Å². The van der Waals surface area contributed by atoms with Crippen LogP contribution in [0.4, 0.5) is 17.2 Å². The fraction of sp³-hybridized carbons (Fsp3) is 0.0714. The van der Waals surface area contributed by atoms with Crippen LogP contribution < -0.4 is 33.9 Å². The number of benzene rings is 3. The van der Waals surface area contributed by atoms with Crippen LogP contribution in [-0.2, 0) is 9.47 Å². The van der Waals surface area contributed by atoms with Crippen LogP contribution in [0.3, 0.4) is 0 Å². The van der Waals surface area contributed by atoms with E-state index in [2.05, 4.69) is 51.6 Å². The summed E-state index contributed by atoms with van der Waals surface area (Å²) in [6.45, 7) is 0. The van der Waals surface area contributed by atoms with Crippen molar-refractivity contribution in [2.45, 2.75) is 0 Å². The molecule has 46 heavy (non-hydrogen) atoms. The normalized spacial score (nSPS) is 10.3. The number of hydrogen-bond donors (Lipinski definition) is 7. The van der Waals surface area contributed by atoms with Gasteiger partial charge < -0.3 is 36.1 Å². The number of nitrogen functional groups attached to an aromatic ring is 1. The van der Waals surface area contributed by atoms with E-state index in [0.717, 1.165) is 11.1 Å². The Morgan fingerprint density at radius 2 is 1.50 bits per heavy atom. The molecule has 2 aromatic heterocycles. The van der Waals surface area contributed by atoms with Gasteiger partial charge in [-0.05, 0) is 36.4 Å². The molecule has 0 bridgehead atoms. The summed E-state index contributed by atoms with van der Waals surface area (Å²) in [5.41, 5.74) is 6.49. The molecule has 0 saturated heterocycles. The summed E-state index contributed by atoms with van der Waals surface area (Å²) in [4.78, 5) is 66.5. The zero-order chi connectivity index (χ0) is 33.1. The van der Waals surface area contributed by atoms with E-state index in [1.165, 1.54) is 38.7 Å². The topological polar surface area (TPSA) is 315 Å². The van der Waals surface area contributed by atoms with Gasteiger partial charge in [0.1, 0.15) is 0 Å². The molecular formula is C28H29N9O9. The lowest BCUT2D eigenvalue weighted by Gasteiger charge is -2.10. The standard InChI is InChI=1S/C10H11NO4.C9H6N4O.C9H6N2O3.H4N2.H2O/c1-14-9(12)6-4-3-5-7(11)8(6)10(13)15-2;14-9-5-2-1-3-6-7(5)8(12-13-9)11-4-10-6;12-8-7-5(9(13)14)2-1-3-6(7)10-4-11-8;1-2;/h3-5H,11H2,1-2H3;2*1-4H,(H,13,14)(H,10,11,12);1-2H2;1H2. The number of ether oxygens (including phenoxy) is 2. The molecule has 1 aliphatic heterocycles. The molecule has 5 aromatic rings. The van der Waals surface area contributed by atoms with Crippen molar-refractivity contribution in [2.75, 3.05) is 25.3 Å². The molecule has 3 aromatic carbocycles. The van der Waals surface area contributed by atoms with Gasteiger partial charge in [-0.3, -0.25) is 21.3 Å². The maximum atomic E-state index is 11.4. The molecule has 0 amide bonds. The third-order valence-electron chi connectivity index (χ3n) is 5.99. The molecule has 0 saturated carbocycles. The zero-order valence-corrected chi connectivity index (χ0v) is 24.2. The Bertz CT molecular complexity index is 2020. The summed E-state index contributed by atoms with van der Waals surface area (Å²) in [6.07, 6.45) is 2.80. The van der Waals surface area contributed by atoms with E-state index in [1.54, 1.807) is 30.6 Å². The van der Waals surface area contributed by atoms with Crippen LogP contribution in [0.1, 0.15) is 31.1 Å². The highest BCUT2D eigenvalue weighted by molar-refractivity contribution is 6.07. The molecule has 3 heterocycles. The summed E-state index contributed by atoms with van der Waals surface area (Å²) < 4.78 is 9.05. The first-order valence-corrected chi connectivity index (χ1v) is 12.6. The van der Waals surface area contributed by atoms with Gasteiger partial charge in [0.05, 0.1) is 70.9 Å². The lowest BCUT2D eigenvalue weighted by Crippen LogP contribution is -2.14. The minimum atomic E-state index is -1.13. The van der Waals surface area contributed by atoms with Crippen molar-refractivity contribution in [3.05, 3.63) is 98.3 Å². The highest BCUT2D eigenvalue weighted by Gasteiger charge is 2.20. The van der Waals surface area contributed by atoms with Crippen molar-refractivity contribution in [1.29, 1.82) is 0 Å². The highest BCUT2D eigenvalue weighted by Crippen LogP contribution is 2.30. The number of anilines is 2. The smallest absolute Gasteiger partial charge is 0.340 e. The SMILES string of the molecule is COC(=O)c1cccc(N)c1C(=O)OC.NN.O.O=C(O)c1cccc2nc[nH]c(=O)c12.O=c1[nH]nc2c3c(cccc13)NC=N2. The Morgan fingerprint density at radius 3 is 2.17 bits per heavy atom. The first-order chi connectivity index (χ1) is 21.7. The summed E-state index contributed by atoms with van der Waals surface area (Å²) in [6, 6.07) is 14.5. The second-order valence-electron chi connectivity index (χ2n) is 8.50. The number of aromatic nitrogens is 4. The van der Waals surface area contributed by atoms with Crippen LogP contribution in [0.15, 0.2) is 75.5 Å². The Morgan fingerprint density at radius 1 is 0.848 bits per heavy atom. The number of H-pyrrole nitrogens is 2. The number of carbonyl (C=O) groups is 3. The van der Waals surface area contributed by atoms with Crippen molar-refractivity contribution in [3.8, 4) is 0 Å². The number of carbonyl (C=O) groups excluding carboxylic acids is 2. The fourth-order valence-corrected chi connectivity index (χ4v) is 4.06. The van der Waals surface area contributed by atoms with E-state index in [1.807, 2.05) is 12.1 Å². The fourth-order valence-electron chi connectivity index (χ4n) is 4.06. The van der Waals surface area contributed by atoms with Crippen molar-refractivity contribution in [2.24, 2.45) is 16.7 Å². The third kappa shape index (κ3) is 7.71. The summed E-state index contributed by atoms with van der Waals surface area (Å²) in [5.74, 6) is 6.14. The second-order valence-corrected chi connectivity index (χ2v) is 8.50. The van der Waals surface area contributed by atoms with Gasteiger partial charge in [0.15, 0.2) is 5.82 Å². The number of aromatic carboxylic acids is 1. The lowest BCUT2D eigenvalue weighted by atomic mass is 10.1. The molecule has 18 nitrogen and oxygen atoms in total. The van der Waals surface area contributed by atoms with Gasteiger partial charge in [-0.15, -0.1) is 0 Å². The molecule has 240 valence electrons. The molecule has 0 aliphatic carbocycles. The van der Waals surface area contributed by atoms with Gasteiger partial charge in [-0.1, -0.05) is 18.2 Å². The van der Waals surface area contributed by atoms with Crippen molar-refractivity contribution in [1.82, 2.24) is 20.2 Å². The summed E-state index contributed by atoms with van der Waals surface area (Å²) in [7, 11) is 2.45. The molecule has 6 rings (SSSR count). The number of aliphatic imine (C=N–C) groups is 1. The first kappa shape index (κ1) is 35.7. The number of hydrogen-bond acceptors (Lipinski definition) is 14. The van der Waals surface area contributed by atoms with E-state index in [-0.39, 0.29) is 38.8 Å². The first-order valence-electron chi connectivity index (χ1n) is 12.6. The molecule has 12 N–H and O–H groups in total. The minimum Gasteiger partial charge on any atom is -0.478 e. The average Bonchev–Trinajstić information content (AvgIpc) is 3.07. The van der Waals surface area contributed by atoms with E-state index in [4.69, 9.17) is 10.8 Å². The van der Waals surface area contributed by atoms with Crippen LogP contribution in [0.2, 0.25) is 0 Å². The van der Waals surface area contributed by atoms with Gasteiger partial charge in [-0.25, -0.2) is 29.5 Å². The Kier molecular flexibility index (Phi) is 12.7. The molecule has 0 radical (unpaired) electrons. The van der Waals surface area contributed by atoms with Gasteiger partial charge in [-0.2, -0.15) is 5.10 Å². The molecular weight excluding hydrogens is 606 g/mol. The monoisotopic (exact) mass is 635 g/mol. The van der Waals surface area contributed by atoms with Gasteiger partial charge in [0.25, 0.3) is 11.1 Å². The Hall–Kier alpha value is -6.50. The number of aromatic amines is 2. The number of nitrogens with one attached hydrogen (secondary N) is 3. The van der Waals surface area contributed by atoms with Crippen molar-refractivity contribution < 1.29 is 34.4 Å². The van der Waals surface area contributed by atoms with Crippen LogP contribution >= 0.6 is 0 Å². The summed E-state index contributed by atoms with van der Waals surface area (Å²) in [5, 5.41) is 19.6.